The van der Waals surface area contributed by atoms with Gasteiger partial charge in [0.15, 0.2) is 0 Å². The van der Waals surface area contributed by atoms with Gasteiger partial charge in [-0.15, -0.1) is 0 Å². The summed E-state index contributed by atoms with van der Waals surface area (Å²) in [7, 11) is 0. The van der Waals surface area contributed by atoms with Crippen LogP contribution in [-0.2, 0) is 11.3 Å². The number of amides is 3. The van der Waals surface area contributed by atoms with Crippen molar-refractivity contribution in [1.29, 1.82) is 0 Å². The first kappa shape index (κ1) is 17.5. The highest BCUT2D eigenvalue weighted by molar-refractivity contribution is 5.96. The van der Waals surface area contributed by atoms with Crippen molar-refractivity contribution < 1.29 is 9.59 Å². The summed E-state index contributed by atoms with van der Waals surface area (Å²) in [5, 5.41) is 12.4. The van der Waals surface area contributed by atoms with Crippen molar-refractivity contribution in [2.24, 2.45) is 0 Å². The molecule has 1 heterocycles. The largest absolute Gasteiger partial charge is 0.332 e. The highest BCUT2D eigenvalue weighted by Crippen LogP contribution is 2.06. The second kappa shape index (κ2) is 8.14. The van der Waals surface area contributed by atoms with Crippen LogP contribution in [0.15, 0.2) is 42.6 Å². The molecule has 0 saturated carbocycles. The molecule has 1 unspecified atom stereocenters. The van der Waals surface area contributed by atoms with Gasteiger partial charge in [-0.25, -0.2) is 4.79 Å². The topological polar surface area (TPSA) is 88.1 Å². The standard InChI is InChI=1S/C17H23N5O2/c1-12(2)22-10-9-15(21-22)11-18-17(24)19-13(3)16(23)20-14-7-5-4-6-8-14/h4-10,12-13H,11H2,1-3H3,(H,20,23)(H2,18,19,24). The zero-order valence-corrected chi connectivity index (χ0v) is 14.1. The monoisotopic (exact) mass is 329 g/mol. The molecule has 2 aromatic rings. The molecule has 3 N–H and O–H groups in total. The Morgan fingerprint density at radius 1 is 1.12 bits per heavy atom. The van der Waals surface area contributed by atoms with Gasteiger partial charge in [0.2, 0.25) is 5.91 Å². The molecule has 7 heteroatoms. The molecule has 0 aliphatic rings. The van der Waals surface area contributed by atoms with E-state index in [2.05, 4.69) is 21.0 Å². The lowest BCUT2D eigenvalue weighted by atomic mass is 10.2. The van der Waals surface area contributed by atoms with Crippen molar-refractivity contribution in [1.82, 2.24) is 20.4 Å². The Balaban J connectivity index is 1.77. The number of hydrogen-bond donors (Lipinski definition) is 3. The predicted octanol–water partition coefficient (Wildman–Crippen LogP) is 2.29. The Labute approximate surface area is 141 Å². The predicted molar refractivity (Wildman–Crippen MR) is 92.5 cm³/mol. The molecule has 0 aliphatic carbocycles. The zero-order valence-electron chi connectivity index (χ0n) is 14.1. The number of rotatable bonds is 6. The van der Waals surface area contributed by atoms with Gasteiger partial charge in [-0.1, -0.05) is 18.2 Å². The number of aromatic nitrogens is 2. The Hall–Kier alpha value is -2.83. The fourth-order valence-corrected chi connectivity index (χ4v) is 2.02. The average molecular weight is 329 g/mol. The van der Waals surface area contributed by atoms with Crippen LogP contribution in [0.25, 0.3) is 0 Å². The molecule has 0 aliphatic heterocycles. The normalized spacial score (nSPS) is 11.8. The molecular weight excluding hydrogens is 306 g/mol. The molecule has 24 heavy (non-hydrogen) atoms. The van der Waals surface area contributed by atoms with E-state index in [0.717, 1.165) is 5.69 Å². The van der Waals surface area contributed by atoms with Gasteiger partial charge in [-0.3, -0.25) is 9.48 Å². The van der Waals surface area contributed by atoms with Crippen LogP contribution in [0, 0.1) is 0 Å². The van der Waals surface area contributed by atoms with Crippen LogP contribution in [0.5, 0.6) is 0 Å². The van der Waals surface area contributed by atoms with Gasteiger partial charge in [-0.2, -0.15) is 5.10 Å². The van der Waals surface area contributed by atoms with Crippen molar-refractivity contribution in [3.63, 3.8) is 0 Å². The third-order valence-electron chi connectivity index (χ3n) is 3.40. The van der Waals surface area contributed by atoms with E-state index in [-0.39, 0.29) is 11.9 Å². The van der Waals surface area contributed by atoms with Crippen LogP contribution >= 0.6 is 0 Å². The Bertz CT molecular complexity index is 681. The van der Waals surface area contributed by atoms with Gasteiger partial charge in [-0.05, 0) is 39.0 Å². The molecule has 3 amide bonds. The number of nitrogens with zero attached hydrogens (tertiary/aromatic N) is 2. The van der Waals surface area contributed by atoms with Crippen molar-refractivity contribution in [3.05, 3.63) is 48.3 Å². The molecular formula is C17H23N5O2. The Kier molecular flexibility index (Phi) is 5.95. The summed E-state index contributed by atoms with van der Waals surface area (Å²) in [6.07, 6.45) is 1.87. The third-order valence-corrected chi connectivity index (χ3v) is 3.40. The zero-order chi connectivity index (χ0) is 17.5. The molecule has 128 valence electrons. The van der Waals surface area contributed by atoms with Crippen LogP contribution < -0.4 is 16.0 Å². The summed E-state index contributed by atoms with van der Waals surface area (Å²) in [6.45, 7) is 6.00. The van der Waals surface area contributed by atoms with Crippen molar-refractivity contribution in [2.45, 2.75) is 39.4 Å². The molecule has 0 fully saturated rings. The summed E-state index contributed by atoms with van der Waals surface area (Å²) < 4.78 is 1.82. The number of para-hydroxylation sites is 1. The third kappa shape index (κ3) is 5.12. The highest BCUT2D eigenvalue weighted by Gasteiger charge is 2.15. The second-order valence-corrected chi connectivity index (χ2v) is 5.78. The maximum Gasteiger partial charge on any atom is 0.315 e. The maximum atomic E-state index is 12.0. The van der Waals surface area contributed by atoms with Crippen LogP contribution in [0.4, 0.5) is 10.5 Å². The molecule has 0 saturated heterocycles. The van der Waals surface area contributed by atoms with Gasteiger partial charge in [0, 0.05) is 17.9 Å². The summed E-state index contributed by atoms with van der Waals surface area (Å²) in [5.74, 6) is -0.277. The molecule has 0 bridgehead atoms. The average Bonchev–Trinajstić information content (AvgIpc) is 3.03. The number of benzene rings is 1. The first-order valence-electron chi connectivity index (χ1n) is 7.90. The van der Waals surface area contributed by atoms with E-state index in [1.54, 1.807) is 19.1 Å². The van der Waals surface area contributed by atoms with Gasteiger partial charge in [0.25, 0.3) is 0 Å². The number of hydrogen-bond acceptors (Lipinski definition) is 3. The Morgan fingerprint density at radius 3 is 2.46 bits per heavy atom. The fourth-order valence-electron chi connectivity index (χ4n) is 2.02. The molecule has 2 rings (SSSR count). The molecule has 1 atom stereocenters. The molecule has 0 spiro atoms. The van der Waals surface area contributed by atoms with E-state index in [1.165, 1.54) is 0 Å². The number of carbonyl (C=O) groups excluding carboxylic acids is 2. The summed E-state index contributed by atoms with van der Waals surface area (Å²) >= 11 is 0. The van der Waals surface area contributed by atoms with E-state index >= 15 is 0 Å². The molecule has 1 aromatic carbocycles. The quantitative estimate of drug-likeness (QED) is 0.760. The lowest BCUT2D eigenvalue weighted by Crippen LogP contribution is -2.46. The number of urea groups is 1. The van der Waals surface area contributed by atoms with Gasteiger partial charge in [0.05, 0.1) is 12.2 Å². The minimum Gasteiger partial charge on any atom is -0.332 e. The van der Waals surface area contributed by atoms with Gasteiger partial charge in [0.1, 0.15) is 6.04 Å². The highest BCUT2D eigenvalue weighted by atomic mass is 16.2. The summed E-state index contributed by atoms with van der Waals surface area (Å²) in [4.78, 5) is 23.9. The second-order valence-electron chi connectivity index (χ2n) is 5.78. The van der Waals surface area contributed by atoms with E-state index in [0.29, 0.717) is 12.2 Å². The van der Waals surface area contributed by atoms with Crippen molar-refractivity contribution >= 4 is 17.6 Å². The van der Waals surface area contributed by atoms with E-state index in [4.69, 9.17) is 0 Å². The molecule has 1 aromatic heterocycles. The Morgan fingerprint density at radius 2 is 1.83 bits per heavy atom. The SMILES string of the molecule is CC(NC(=O)NCc1ccn(C(C)C)n1)C(=O)Nc1ccccc1. The van der Waals surface area contributed by atoms with Crippen molar-refractivity contribution in [2.75, 3.05) is 5.32 Å². The first-order valence-corrected chi connectivity index (χ1v) is 7.90. The van der Waals surface area contributed by atoms with Crippen LogP contribution in [0.1, 0.15) is 32.5 Å². The van der Waals surface area contributed by atoms with E-state index < -0.39 is 12.1 Å². The van der Waals surface area contributed by atoms with E-state index in [9.17, 15) is 9.59 Å². The number of nitrogens with one attached hydrogen (secondary N) is 3. The molecule has 0 radical (unpaired) electrons. The van der Waals surface area contributed by atoms with Crippen molar-refractivity contribution in [3.8, 4) is 0 Å². The lowest BCUT2D eigenvalue weighted by molar-refractivity contribution is -0.117. The van der Waals surface area contributed by atoms with Crippen LogP contribution in [0.3, 0.4) is 0 Å². The lowest BCUT2D eigenvalue weighted by Gasteiger charge is -2.14. The van der Waals surface area contributed by atoms with E-state index in [1.807, 2.05) is 49.0 Å². The fraction of sp³-hybridized carbons (Fsp3) is 0.353. The minimum atomic E-state index is -0.654. The first-order chi connectivity index (χ1) is 11.5. The number of carbonyl (C=O) groups is 2. The summed E-state index contributed by atoms with van der Waals surface area (Å²) in [6, 6.07) is 10.2. The molecule has 7 nitrogen and oxygen atoms in total. The minimum absolute atomic E-state index is 0.272. The van der Waals surface area contributed by atoms with Crippen LogP contribution in [0.2, 0.25) is 0 Å². The van der Waals surface area contributed by atoms with Gasteiger partial charge >= 0.3 is 6.03 Å². The number of anilines is 1. The maximum absolute atomic E-state index is 12.0. The van der Waals surface area contributed by atoms with Crippen LogP contribution in [-0.4, -0.2) is 27.8 Å². The smallest absolute Gasteiger partial charge is 0.315 e. The summed E-state index contributed by atoms with van der Waals surface area (Å²) in [5.41, 5.74) is 1.45. The van der Waals surface area contributed by atoms with Gasteiger partial charge < -0.3 is 16.0 Å².